The molecule has 3 N–H and O–H groups in total. The number of aromatic nitrogens is 3. The second-order valence-corrected chi connectivity index (χ2v) is 7.35. The Bertz CT molecular complexity index is 1250. The van der Waals surface area contributed by atoms with Gasteiger partial charge in [-0.05, 0) is 55.0 Å². The van der Waals surface area contributed by atoms with Gasteiger partial charge in [0, 0.05) is 25.8 Å². The van der Waals surface area contributed by atoms with Gasteiger partial charge in [-0.1, -0.05) is 24.3 Å². The quantitative estimate of drug-likeness (QED) is 0.357. The standard InChI is InChI=1S/C25H24N4O4/c1-33-16-6-15-26-25(32)17-11-13-18(14-12-17)29-24(20-8-3-5-10-22(20)31)27-23(28-29)19-7-2-4-9-21(19)30/h2-5,7-14,30-31H,6,15-16H2,1H3,(H,26,32). The molecule has 0 bridgehead atoms. The Hall–Kier alpha value is -4.17. The minimum atomic E-state index is -0.174. The molecule has 0 saturated carbocycles. The largest absolute Gasteiger partial charge is 0.507 e. The average molecular weight is 444 g/mol. The number of carbonyl (C=O) groups is 1. The van der Waals surface area contributed by atoms with E-state index in [4.69, 9.17) is 4.74 Å². The number of para-hydroxylation sites is 2. The number of phenolic OH excluding ortho intramolecular Hbond substituents is 2. The van der Waals surface area contributed by atoms with Crippen LogP contribution in [0.4, 0.5) is 0 Å². The van der Waals surface area contributed by atoms with E-state index < -0.39 is 0 Å². The molecule has 0 radical (unpaired) electrons. The Morgan fingerprint density at radius 1 is 0.939 bits per heavy atom. The van der Waals surface area contributed by atoms with Crippen LogP contribution in [0, 0.1) is 0 Å². The van der Waals surface area contributed by atoms with E-state index in [-0.39, 0.29) is 17.4 Å². The van der Waals surface area contributed by atoms with Gasteiger partial charge in [-0.25, -0.2) is 9.67 Å². The van der Waals surface area contributed by atoms with Crippen molar-refractivity contribution in [2.75, 3.05) is 20.3 Å². The minimum absolute atomic E-state index is 0.0546. The van der Waals surface area contributed by atoms with Gasteiger partial charge in [-0.2, -0.15) is 0 Å². The predicted molar refractivity (Wildman–Crippen MR) is 124 cm³/mol. The molecular weight excluding hydrogens is 420 g/mol. The van der Waals surface area contributed by atoms with E-state index in [1.807, 2.05) is 0 Å². The highest BCUT2D eigenvalue weighted by Gasteiger charge is 2.19. The summed E-state index contributed by atoms with van der Waals surface area (Å²) in [5.74, 6) is 0.655. The first-order valence-corrected chi connectivity index (χ1v) is 10.5. The van der Waals surface area contributed by atoms with E-state index in [2.05, 4.69) is 15.4 Å². The highest BCUT2D eigenvalue weighted by Crippen LogP contribution is 2.33. The van der Waals surface area contributed by atoms with Gasteiger partial charge in [-0.15, -0.1) is 5.10 Å². The lowest BCUT2D eigenvalue weighted by molar-refractivity contribution is 0.0948. The number of benzene rings is 3. The first kappa shape index (κ1) is 22.0. The molecule has 4 rings (SSSR count). The zero-order valence-electron chi connectivity index (χ0n) is 18.1. The number of rotatable bonds is 8. The summed E-state index contributed by atoms with van der Waals surface area (Å²) < 4.78 is 6.57. The van der Waals surface area contributed by atoms with Gasteiger partial charge >= 0.3 is 0 Å². The van der Waals surface area contributed by atoms with E-state index in [0.29, 0.717) is 47.2 Å². The number of aromatic hydroxyl groups is 2. The fraction of sp³-hybridized carbons (Fsp3) is 0.160. The summed E-state index contributed by atoms with van der Waals surface area (Å²) in [4.78, 5) is 17.0. The topological polar surface area (TPSA) is 110 Å². The SMILES string of the molecule is COCCCNC(=O)c1ccc(-n2nc(-c3ccccc3O)nc2-c2ccccc2O)cc1. The van der Waals surface area contributed by atoms with Crippen LogP contribution < -0.4 is 5.32 Å². The summed E-state index contributed by atoms with van der Waals surface area (Å²) in [5, 5.41) is 28.1. The van der Waals surface area contributed by atoms with Crippen molar-refractivity contribution in [3.05, 3.63) is 78.4 Å². The molecule has 8 nitrogen and oxygen atoms in total. The number of nitrogens with zero attached hydrogens (tertiary/aromatic N) is 3. The van der Waals surface area contributed by atoms with Crippen molar-refractivity contribution in [1.82, 2.24) is 20.1 Å². The molecule has 0 aliphatic heterocycles. The van der Waals surface area contributed by atoms with Gasteiger partial charge in [0.15, 0.2) is 11.6 Å². The molecule has 0 aliphatic carbocycles. The molecule has 0 fully saturated rings. The van der Waals surface area contributed by atoms with E-state index >= 15 is 0 Å². The molecule has 8 heteroatoms. The Kier molecular flexibility index (Phi) is 6.66. The van der Waals surface area contributed by atoms with Crippen LogP contribution in [0.15, 0.2) is 72.8 Å². The summed E-state index contributed by atoms with van der Waals surface area (Å²) in [6.45, 7) is 1.11. The number of nitrogens with one attached hydrogen (secondary N) is 1. The number of methoxy groups -OCH3 is 1. The molecular formula is C25H24N4O4. The normalized spacial score (nSPS) is 10.8. The summed E-state index contributed by atoms with van der Waals surface area (Å²) in [7, 11) is 1.62. The molecule has 1 aromatic heterocycles. The predicted octanol–water partition coefficient (Wildman–Crippen LogP) is 3.78. The van der Waals surface area contributed by atoms with Crippen molar-refractivity contribution in [3.63, 3.8) is 0 Å². The lowest BCUT2D eigenvalue weighted by atomic mass is 10.1. The van der Waals surface area contributed by atoms with Crippen molar-refractivity contribution in [2.45, 2.75) is 6.42 Å². The van der Waals surface area contributed by atoms with Crippen molar-refractivity contribution in [1.29, 1.82) is 0 Å². The van der Waals surface area contributed by atoms with Crippen molar-refractivity contribution < 1.29 is 19.7 Å². The maximum Gasteiger partial charge on any atom is 0.251 e. The van der Waals surface area contributed by atoms with Gasteiger partial charge in [0.2, 0.25) is 0 Å². The van der Waals surface area contributed by atoms with Crippen LogP contribution >= 0.6 is 0 Å². The Balaban J connectivity index is 1.70. The van der Waals surface area contributed by atoms with Crippen molar-refractivity contribution in [2.24, 2.45) is 0 Å². The van der Waals surface area contributed by atoms with Crippen LogP contribution in [-0.2, 0) is 4.74 Å². The second kappa shape index (κ2) is 9.97. The zero-order valence-corrected chi connectivity index (χ0v) is 18.1. The molecule has 1 amide bonds. The molecule has 4 aromatic rings. The monoisotopic (exact) mass is 444 g/mol. The van der Waals surface area contributed by atoms with E-state index in [1.165, 1.54) is 0 Å². The molecule has 1 heterocycles. The third-order valence-corrected chi connectivity index (χ3v) is 5.08. The van der Waals surface area contributed by atoms with E-state index in [1.54, 1.807) is 84.6 Å². The fourth-order valence-corrected chi connectivity index (χ4v) is 3.38. The third kappa shape index (κ3) is 4.86. The summed E-state index contributed by atoms with van der Waals surface area (Å²) >= 11 is 0. The van der Waals surface area contributed by atoms with Crippen molar-refractivity contribution >= 4 is 5.91 Å². The smallest absolute Gasteiger partial charge is 0.251 e. The Morgan fingerprint density at radius 3 is 2.21 bits per heavy atom. The maximum atomic E-state index is 12.4. The van der Waals surface area contributed by atoms with Crippen molar-refractivity contribution in [3.8, 4) is 40.0 Å². The Labute approximate surface area is 191 Å². The maximum absolute atomic E-state index is 12.4. The summed E-state index contributed by atoms with van der Waals surface area (Å²) in [6, 6.07) is 20.6. The van der Waals surface area contributed by atoms with E-state index in [0.717, 1.165) is 6.42 Å². The van der Waals surface area contributed by atoms with Crippen LogP contribution in [-0.4, -0.2) is 51.1 Å². The molecule has 3 aromatic carbocycles. The average Bonchev–Trinajstić information content (AvgIpc) is 3.27. The molecule has 33 heavy (non-hydrogen) atoms. The van der Waals surface area contributed by atoms with Gasteiger partial charge in [0.25, 0.3) is 5.91 Å². The lowest BCUT2D eigenvalue weighted by Crippen LogP contribution is -2.25. The molecule has 0 unspecified atom stereocenters. The molecule has 168 valence electrons. The third-order valence-electron chi connectivity index (χ3n) is 5.08. The minimum Gasteiger partial charge on any atom is -0.507 e. The van der Waals surface area contributed by atoms with Crippen LogP contribution in [0.3, 0.4) is 0 Å². The first-order chi connectivity index (χ1) is 16.1. The van der Waals surface area contributed by atoms with Gasteiger partial charge in [0.1, 0.15) is 11.5 Å². The molecule has 0 saturated heterocycles. The molecule has 0 aliphatic rings. The van der Waals surface area contributed by atoms with Crippen LogP contribution in [0.2, 0.25) is 0 Å². The number of hydrogen-bond donors (Lipinski definition) is 3. The highest BCUT2D eigenvalue weighted by molar-refractivity contribution is 5.94. The zero-order chi connectivity index (χ0) is 23.2. The van der Waals surface area contributed by atoms with Gasteiger partial charge in [0.05, 0.1) is 16.8 Å². The summed E-state index contributed by atoms with van der Waals surface area (Å²) in [6.07, 6.45) is 0.734. The first-order valence-electron chi connectivity index (χ1n) is 10.5. The second-order valence-electron chi connectivity index (χ2n) is 7.35. The number of amides is 1. The van der Waals surface area contributed by atoms with Crippen LogP contribution in [0.5, 0.6) is 11.5 Å². The number of phenols is 2. The number of carbonyl (C=O) groups excluding carboxylic acids is 1. The molecule has 0 spiro atoms. The summed E-state index contributed by atoms with van der Waals surface area (Å²) in [5.41, 5.74) is 2.13. The fourth-order valence-electron chi connectivity index (χ4n) is 3.38. The van der Waals surface area contributed by atoms with Gasteiger partial charge < -0.3 is 20.3 Å². The number of hydrogen-bond acceptors (Lipinski definition) is 6. The lowest BCUT2D eigenvalue weighted by Gasteiger charge is -2.09. The van der Waals surface area contributed by atoms with E-state index in [9.17, 15) is 15.0 Å². The van der Waals surface area contributed by atoms with Gasteiger partial charge in [-0.3, -0.25) is 4.79 Å². The number of ether oxygens (including phenoxy) is 1. The van der Waals surface area contributed by atoms with Crippen LogP contribution in [0.25, 0.3) is 28.5 Å². The Morgan fingerprint density at radius 2 is 1.58 bits per heavy atom. The van der Waals surface area contributed by atoms with Crippen LogP contribution in [0.1, 0.15) is 16.8 Å². The molecule has 0 atom stereocenters. The highest BCUT2D eigenvalue weighted by atomic mass is 16.5.